The van der Waals surface area contributed by atoms with Crippen molar-refractivity contribution in [1.82, 2.24) is 15.3 Å². The van der Waals surface area contributed by atoms with E-state index in [0.29, 0.717) is 38.4 Å². The number of ether oxygens (including phenoxy) is 1. The number of nitrogens with zero attached hydrogens (tertiary/aromatic N) is 2. The first-order chi connectivity index (χ1) is 11.2. The summed E-state index contributed by atoms with van der Waals surface area (Å²) in [5, 5.41) is 5.87. The third kappa shape index (κ3) is 4.60. The first-order valence-electron chi connectivity index (χ1n) is 8.26. The highest BCUT2D eigenvalue weighted by atomic mass is 19.1. The van der Waals surface area contributed by atoms with Crippen LogP contribution in [0.3, 0.4) is 0 Å². The monoisotopic (exact) mass is 324 g/mol. The van der Waals surface area contributed by atoms with Gasteiger partial charge >= 0.3 is 0 Å². The predicted molar refractivity (Wildman–Crippen MR) is 85.6 cm³/mol. The summed E-state index contributed by atoms with van der Waals surface area (Å²) in [7, 11) is 0. The molecule has 2 rings (SSSR count). The molecule has 128 valence electrons. The SMILES string of the molecule is CCNC(=O)C(CNc1ncnc(CC)c1F)C1CCOCC1. The van der Waals surface area contributed by atoms with Crippen LogP contribution in [0.2, 0.25) is 0 Å². The number of halogens is 1. The average molecular weight is 324 g/mol. The van der Waals surface area contributed by atoms with Gasteiger partial charge in [0.15, 0.2) is 11.6 Å². The molecular weight excluding hydrogens is 299 g/mol. The Morgan fingerprint density at radius 1 is 1.39 bits per heavy atom. The maximum atomic E-state index is 14.2. The third-order valence-corrected chi connectivity index (χ3v) is 4.21. The van der Waals surface area contributed by atoms with E-state index in [-0.39, 0.29) is 23.6 Å². The number of aromatic nitrogens is 2. The zero-order chi connectivity index (χ0) is 16.7. The third-order valence-electron chi connectivity index (χ3n) is 4.21. The predicted octanol–water partition coefficient (Wildman–Crippen LogP) is 1.77. The Kier molecular flexibility index (Phi) is 6.70. The molecule has 6 nitrogen and oxygen atoms in total. The molecule has 1 aliphatic heterocycles. The van der Waals surface area contributed by atoms with Crippen molar-refractivity contribution < 1.29 is 13.9 Å². The number of hydrogen-bond acceptors (Lipinski definition) is 5. The van der Waals surface area contributed by atoms with E-state index in [9.17, 15) is 9.18 Å². The molecule has 1 aliphatic rings. The van der Waals surface area contributed by atoms with Crippen LogP contribution in [0, 0.1) is 17.7 Å². The van der Waals surface area contributed by atoms with Gasteiger partial charge < -0.3 is 15.4 Å². The highest BCUT2D eigenvalue weighted by Crippen LogP contribution is 2.25. The summed E-state index contributed by atoms with van der Waals surface area (Å²) in [6, 6.07) is 0. The fourth-order valence-electron chi connectivity index (χ4n) is 2.88. The first-order valence-corrected chi connectivity index (χ1v) is 8.26. The number of aryl methyl sites for hydroxylation is 1. The van der Waals surface area contributed by atoms with Crippen molar-refractivity contribution in [2.45, 2.75) is 33.1 Å². The van der Waals surface area contributed by atoms with Crippen molar-refractivity contribution in [3.63, 3.8) is 0 Å². The van der Waals surface area contributed by atoms with Crippen molar-refractivity contribution in [2.75, 3.05) is 31.6 Å². The number of hydrogen-bond donors (Lipinski definition) is 2. The first kappa shape index (κ1) is 17.6. The second-order valence-electron chi connectivity index (χ2n) is 5.67. The minimum Gasteiger partial charge on any atom is -0.381 e. The molecule has 0 bridgehead atoms. The summed E-state index contributed by atoms with van der Waals surface area (Å²) in [4.78, 5) is 20.2. The van der Waals surface area contributed by atoms with Gasteiger partial charge in [-0.2, -0.15) is 0 Å². The summed E-state index contributed by atoms with van der Waals surface area (Å²) in [6.07, 6.45) is 3.54. The van der Waals surface area contributed by atoms with Crippen LogP contribution in [0.25, 0.3) is 0 Å². The number of carbonyl (C=O) groups excluding carboxylic acids is 1. The van der Waals surface area contributed by atoms with Crippen molar-refractivity contribution >= 4 is 11.7 Å². The summed E-state index contributed by atoms with van der Waals surface area (Å²) >= 11 is 0. The van der Waals surface area contributed by atoms with Gasteiger partial charge in [-0.05, 0) is 32.1 Å². The Labute approximate surface area is 136 Å². The van der Waals surface area contributed by atoms with Gasteiger partial charge in [0.1, 0.15) is 6.33 Å². The van der Waals surface area contributed by atoms with E-state index < -0.39 is 5.82 Å². The van der Waals surface area contributed by atoms with Crippen LogP contribution >= 0.6 is 0 Å². The number of nitrogens with one attached hydrogen (secondary N) is 2. The molecule has 0 aliphatic carbocycles. The molecule has 0 spiro atoms. The van der Waals surface area contributed by atoms with Gasteiger partial charge in [-0.3, -0.25) is 4.79 Å². The summed E-state index contributed by atoms with van der Waals surface area (Å²) < 4.78 is 19.6. The van der Waals surface area contributed by atoms with Crippen molar-refractivity contribution in [1.29, 1.82) is 0 Å². The van der Waals surface area contributed by atoms with Gasteiger partial charge in [-0.15, -0.1) is 0 Å². The van der Waals surface area contributed by atoms with E-state index >= 15 is 0 Å². The van der Waals surface area contributed by atoms with Gasteiger partial charge in [0.25, 0.3) is 0 Å². The van der Waals surface area contributed by atoms with Crippen molar-refractivity contribution in [2.24, 2.45) is 11.8 Å². The lowest BCUT2D eigenvalue weighted by Gasteiger charge is -2.29. The molecule has 1 aromatic heterocycles. The van der Waals surface area contributed by atoms with Crippen LogP contribution in [0.15, 0.2) is 6.33 Å². The lowest BCUT2D eigenvalue weighted by Crippen LogP contribution is -2.41. The topological polar surface area (TPSA) is 76.1 Å². The number of anilines is 1. The van der Waals surface area contributed by atoms with E-state index in [4.69, 9.17) is 4.74 Å². The number of amides is 1. The minimum atomic E-state index is -0.434. The molecule has 7 heteroatoms. The van der Waals surface area contributed by atoms with Crippen LogP contribution in [0.1, 0.15) is 32.4 Å². The zero-order valence-electron chi connectivity index (χ0n) is 13.8. The van der Waals surface area contributed by atoms with E-state index in [0.717, 1.165) is 12.8 Å². The van der Waals surface area contributed by atoms with E-state index in [1.165, 1.54) is 6.33 Å². The largest absolute Gasteiger partial charge is 0.381 e. The quantitative estimate of drug-likeness (QED) is 0.799. The molecule has 23 heavy (non-hydrogen) atoms. The Hall–Kier alpha value is -1.76. The van der Waals surface area contributed by atoms with Gasteiger partial charge in [0.2, 0.25) is 5.91 Å². The van der Waals surface area contributed by atoms with Crippen LogP contribution < -0.4 is 10.6 Å². The minimum absolute atomic E-state index is 0.00270. The van der Waals surface area contributed by atoms with E-state index in [2.05, 4.69) is 20.6 Å². The van der Waals surface area contributed by atoms with Gasteiger partial charge in [-0.1, -0.05) is 6.92 Å². The zero-order valence-corrected chi connectivity index (χ0v) is 13.8. The molecule has 1 fully saturated rings. The van der Waals surface area contributed by atoms with Crippen LogP contribution in [-0.4, -0.2) is 42.2 Å². The highest BCUT2D eigenvalue weighted by Gasteiger charge is 2.29. The molecule has 1 atom stereocenters. The van der Waals surface area contributed by atoms with Crippen LogP contribution in [0.4, 0.5) is 10.2 Å². The lowest BCUT2D eigenvalue weighted by atomic mass is 9.85. The molecule has 2 N–H and O–H groups in total. The Morgan fingerprint density at radius 2 is 2.13 bits per heavy atom. The Bertz CT molecular complexity index is 521. The van der Waals surface area contributed by atoms with Crippen molar-refractivity contribution in [3.05, 3.63) is 17.8 Å². The molecule has 1 saturated heterocycles. The lowest BCUT2D eigenvalue weighted by molar-refractivity contribution is -0.127. The number of carbonyl (C=O) groups is 1. The fraction of sp³-hybridized carbons (Fsp3) is 0.688. The number of rotatable bonds is 7. The van der Waals surface area contributed by atoms with Crippen LogP contribution in [-0.2, 0) is 16.0 Å². The van der Waals surface area contributed by atoms with E-state index in [1.54, 1.807) is 0 Å². The maximum Gasteiger partial charge on any atom is 0.225 e. The smallest absolute Gasteiger partial charge is 0.225 e. The molecule has 0 saturated carbocycles. The molecule has 0 aromatic carbocycles. The normalized spacial score (nSPS) is 16.8. The van der Waals surface area contributed by atoms with Gasteiger partial charge in [0.05, 0.1) is 11.6 Å². The van der Waals surface area contributed by atoms with Crippen molar-refractivity contribution in [3.8, 4) is 0 Å². The molecule has 1 aromatic rings. The molecular formula is C16H25FN4O2. The molecule has 2 heterocycles. The summed E-state index contributed by atoms with van der Waals surface area (Å²) in [6.45, 7) is 6.01. The van der Waals surface area contributed by atoms with Crippen LogP contribution in [0.5, 0.6) is 0 Å². The Morgan fingerprint density at radius 3 is 2.78 bits per heavy atom. The van der Waals surface area contributed by atoms with Gasteiger partial charge in [0, 0.05) is 26.3 Å². The second-order valence-corrected chi connectivity index (χ2v) is 5.67. The molecule has 1 unspecified atom stereocenters. The maximum absolute atomic E-state index is 14.2. The molecule has 1 amide bonds. The van der Waals surface area contributed by atoms with Gasteiger partial charge in [-0.25, -0.2) is 14.4 Å². The highest BCUT2D eigenvalue weighted by molar-refractivity contribution is 5.79. The standard InChI is InChI=1S/C16H25FN4O2/c1-3-13-14(17)15(21-10-20-13)19-9-12(16(22)18-4-2)11-5-7-23-8-6-11/h10-12H,3-9H2,1-2H3,(H,18,22)(H,19,20,21). The average Bonchev–Trinajstić information content (AvgIpc) is 2.57. The summed E-state index contributed by atoms with van der Waals surface area (Å²) in [5.41, 5.74) is 0.378. The molecule has 0 radical (unpaired) electrons. The summed E-state index contributed by atoms with van der Waals surface area (Å²) in [5.74, 6) is -0.261. The van der Waals surface area contributed by atoms with E-state index in [1.807, 2.05) is 13.8 Å². The Balaban J connectivity index is 2.06. The second kappa shape index (κ2) is 8.76. The fourth-order valence-corrected chi connectivity index (χ4v) is 2.88.